The van der Waals surface area contributed by atoms with E-state index in [0.29, 0.717) is 0 Å². The van der Waals surface area contributed by atoms with E-state index in [1.54, 1.807) is 23.5 Å². The summed E-state index contributed by atoms with van der Waals surface area (Å²) in [4.78, 5) is 1.10. The summed E-state index contributed by atoms with van der Waals surface area (Å²) in [6.45, 7) is 1.83. The van der Waals surface area contributed by atoms with Gasteiger partial charge in [0.05, 0.1) is 0 Å². The molecular weight excluding hydrogens is 233 g/mol. The van der Waals surface area contributed by atoms with Crippen molar-refractivity contribution >= 4 is 21.4 Å². The molecular formula is C14H14FNS. The third-order valence-electron chi connectivity index (χ3n) is 2.62. The second kappa shape index (κ2) is 5.31. The third kappa shape index (κ3) is 2.85. The zero-order chi connectivity index (χ0) is 12.3. The Hall–Kier alpha value is -1.37. The van der Waals surface area contributed by atoms with Crippen LogP contribution in [0.25, 0.3) is 10.1 Å². The number of fused-ring (bicyclic) bond motifs is 1. The van der Waals surface area contributed by atoms with E-state index >= 15 is 0 Å². The van der Waals surface area contributed by atoms with Crippen LogP contribution in [0.15, 0.2) is 24.3 Å². The maximum atomic E-state index is 13.1. The molecule has 2 aromatic rings. The molecule has 0 bridgehead atoms. The van der Waals surface area contributed by atoms with E-state index in [4.69, 9.17) is 5.73 Å². The van der Waals surface area contributed by atoms with E-state index in [1.807, 2.05) is 13.0 Å². The van der Waals surface area contributed by atoms with Crippen LogP contribution in [0, 0.1) is 17.7 Å². The second-order valence-electron chi connectivity index (χ2n) is 3.90. The Morgan fingerprint density at radius 3 is 3.00 bits per heavy atom. The lowest BCUT2D eigenvalue weighted by Gasteiger charge is -2.05. The zero-order valence-electron chi connectivity index (χ0n) is 9.66. The predicted molar refractivity (Wildman–Crippen MR) is 71.4 cm³/mol. The van der Waals surface area contributed by atoms with Crippen LogP contribution < -0.4 is 5.73 Å². The molecule has 0 aliphatic rings. The van der Waals surface area contributed by atoms with Gasteiger partial charge < -0.3 is 5.73 Å². The lowest BCUT2D eigenvalue weighted by atomic mass is 10.1. The van der Waals surface area contributed by atoms with E-state index in [-0.39, 0.29) is 11.9 Å². The minimum atomic E-state index is -0.198. The summed E-state index contributed by atoms with van der Waals surface area (Å²) in [7, 11) is 0. The molecule has 1 nitrogen and oxygen atoms in total. The fraction of sp³-hybridized carbons (Fsp3) is 0.286. The van der Waals surface area contributed by atoms with Crippen LogP contribution in [0.4, 0.5) is 4.39 Å². The van der Waals surface area contributed by atoms with Gasteiger partial charge in [-0.25, -0.2) is 4.39 Å². The normalized spacial score (nSPS) is 12.2. The van der Waals surface area contributed by atoms with E-state index in [1.165, 1.54) is 6.07 Å². The van der Waals surface area contributed by atoms with Crippen molar-refractivity contribution in [2.45, 2.75) is 25.8 Å². The molecule has 3 heteroatoms. The van der Waals surface area contributed by atoms with Gasteiger partial charge in [-0.1, -0.05) is 6.07 Å². The van der Waals surface area contributed by atoms with Crippen LogP contribution in [-0.2, 0) is 0 Å². The van der Waals surface area contributed by atoms with Crippen LogP contribution in [0.3, 0.4) is 0 Å². The van der Waals surface area contributed by atoms with E-state index < -0.39 is 0 Å². The Labute approximate surface area is 104 Å². The smallest absolute Gasteiger partial charge is 0.124 e. The molecule has 1 aromatic carbocycles. The Bertz CT molecular complexity index is 577. The minimum absolute atomic E-state index is 0.00342. The Balaban J connectivity index is 2.20. The van der Waals surface area contributed by atoms with Gasteiger partial charge >= 0.3 is 0 Å². The fourth-order valence-corrected chi connectivity index (χ4v) is 2.83. The Morgan fingerprint density at radius 2 is 2.24 bits per heavy atom. The molecule has 0 saturated carbocycles. The summed E-state index contributed by atoms with van der Waals surface area (Å²) < 4.78 is 14.0. The van der Waals surface area contributed by atoms with Gasteiger partial charge in [0.1, 0.15) is 5.82 Å². The van der Waals surface area contributed by atoms with E-state index in [9.17, 15) is 4.39 Å². The molecule has 1 aromatic heterocycles. The summed E-state index contributed by atoms with van der Waals surface area (Å²) in [6.07, 6.45) is 1.65. The average molecular weight is 247 g/mol. The van der Waals surface area contributed by atoms with Crippen molar-refractivity contribution < 1.29 is 4.39 Å². The molecule has 88 valence electrons. The number of hydrogen-bond donors (Lipinski definition) is 1. The first-order valence-corrected chi connectivity index (χ1v) is 6.36. The number of benzene rings is 1. The van der Waals surface area contributed by atoms with Crippen molar-refractivity contribution in [3.63, 3.8) is 0 Å². The molecule has 17 heavy (non-hydrogen) atoms. The maximum Gasteiger partial charge on any atom is 0.124 e. The monoisotopic (exact) mass is 247 g/mol. The van der Waals surface area contributed by atoms with Gasteiger partial charge in [0.2, 0.25) is 0 Å². The van der Waals surface area contributed by atoms with Crippen LogP contribution >= 0.6 is 11.3 Å². The summed E-state index contributed by atoms with van der Waals surface area (Å²) in [5.41, 5.74) is 6.09. The topological polar surface area (TPSA) is 26.0 Å². The van der Waals surface area contributed by atoms with Crippen molar-refractivity contribution in [3.8, 4) is 11.8 Å². The van der Waals surface area contributed by atoms with Crippen molar-refractivity contribution in [1.29, 1.82) is 0 Å². The SMILES string of the molecule is CC#CCCC(N)c1cc2ccc(F)cc2s1. The first-order valence-electron chi connectivity index (χ1n) is 5.55. The number of thiophene rings is 1. The lowest BCUT2D eigenvalue weighted by Crippen LogP contribution is -2.07. The first-order chi connectivity index (χ1) is 8.20. The fourth-order valence-electron chi connectivity index (χ4n) is 1.70. The lowest BCUT2D eigenvalue weighted by molar-refractivity contribution is 0.630. The molecule has 0 radical (unpaired) electrons. The van der Waals surface area contributed by atoms with Crippen LogP contribution in [0.2, 0.25) is 0 Å². The first kappa shape index (κ1) is 12.1. The molecule has 2 N–H and O–H groups in total. The molecule has 1 atom stereocenters. The van der Waals surface area contributed by atoms with E-state index in [2.05, 4.69) is 11.8 Å². The van der Waals surface area contributed by atoms with Crippen molar-refractivity contribution in [2.24, 2.45) is 5.73 Å². The highest BCUT2D eigenvalue weighted by Crippen LogP contribution is 2.31. The van der Waals surface area contributed by atoms with Gasteiger partial charge in [-0.2, -0.15) is 0 Å². The molecule has 0 spiro atoms. The molecule has 0 amide bonds. The number of rotatable bonds is 3. The highest BCUT2D eigenvalue weighted by molar-refractivity contribution is 7.19. The summed E-state index contributed by atoms with van der Waals surface area (Å²) in [5.74, 6) is 5.67. The molecule has 0 aliphatic carbocycles. The average Bonchev–Trinajstić information content (AvgIpc) is 2.72. The molecule has 0 aliphatic heterocycles. The quantitative estimate of drug-likeness (QED) is 0.819. The van der Waals surface area contributed by atoms with Gasteiger partial charge in [0.25, 0.3) is 0 Å². The number of nitrogens with two attached hydrogens (primary N) is 1. The Kier molecular flexibility index (Phi) is 3.78. The van der Waals surface area contributed by atoms with Crippen molar-refractivity contribution in [2.75, 3.05) is 0 Å². The molecule has 1 unspecified atom stereocenters. The number of halogens is 1. The van der Waals surface area contributed by atoms with Gasteiger partial charge in [-0.15, -0.1) is 23.2 Å². The van der Waals surface area contributed by atoms with Crippen molar-refractivity contribution in [3.05, 3.63) is 35.0 Å². The highest BCUT2D eigenvalue weighted by atomic mass is 32.1. The predicted octanol–water partition coefficient (Wildman–Crippen LogP) is 3.84. The zero-order valence-corrected chi connectivity index (χ0v) is 10.5. The molecule has 0 saturated heterocycles. The van der Waals surface area contributed by atoms with Gasteiger partial charge in [0, 0.05) is 22.0 Å². The largest absolute Gasteiger partial charge is 0.323 e. The van der Waals surface area contributed by atoms with Crippen molar-refractivity contribution in [1.82, 2.24) is 0 Å². The summed E-state index contributed by atoms with van der Waals surface area (Å²) >= 11 is 1.56. The second-order valence-corrected chi connectivity index (χ2v) is 5.02. The maximum absolute atomic E-state index is 13.1. The van der Waals surface area contributed by atoms with Crippen LogP contribution in [0.5, 0.6) is 0 Å². The third-order valence-corrected chi connectivity index (χ3v) is 3.85. The molecule has 2 rings (SSSR count). The van der Waals surface area contributed by atoms with Gasteiger partial charge in [0.15, 0.2) is 0 Å². The highest BCUT2D eigenvalue weighted by Gasteiger charge is 2.09. The van der Waals surface area contributed by atoms with Gasteiger partial charge in [-0.3, -0.25) is 0 Å². The minimum Gasteiger partial charge on any atom is -0.323 e. The van der Waals surface area contributed by atoms with E-state index in [0.717, 1.165) is 27.8 Å². The molecule has 0 fully saturated rings. The number of hydrogen-bond acceptors (Lipinski definition) is 2. The van der Waals surface area contributed by atoms with Crippen LogP contribution in [-0.4, -0.2) is 0 Å². The summed E-state index contributed by atoms with van der Waals surface area (Å²) in [6, 6.07) is 6.87. The molecule has 1 heterocycles. The van der Waals surface area contributed by atoms with Crippen LogP contribution in [0.1, 0.15) is 30.7 Å². The standard InChI is InChI=1S/C14H14FNS/c1-2-3-4-5-12(16)14-8-10-6-7-11(15)9-13(10)17-14/h6-9,12H,4-5,16H2,1H3. The van der Waals surface area contributed by atoms with Gasteiger partial charge in [-0.05, 0) is 36.9 Å². The summed E-state index contributed by atoms with van der Waals surface area (Å²) in [5, 5.41) is 1.06. The Morgan fingerprint density at radius 1 is 1.41 bits per heavy atom.